The minimum atomic E-state index is 0.146. The number of nitrogens with zero attached hydrogens (tertiary/aromatic N) is 1. The van der Waals surface area contributed by atoms with Crippen molar-refractivity contribution in [1.29, 1.82) is 0 Å². The molecule has 1 aliphatic rings. The minimum absolute atomic E-state index is 0.146. The molecule has 1 aliphatic heterocycles. The maximum Gasteiger partial charge on any atom is 0.231 e. The van der Waals surface area contributed by atoms with E-state index in [1.807, 2.05) is 12.1 Å². The number of hydrogen-bond donors (Lipinski definition) is 1. The molecule has 118 valence electrons. The highest BCUT2D eigenvalue weighted by molar-refractivity contribution is 5.55. The van der Waals surface area contributed by atoms with Gasteiger partial charge in [0.2, 0.25) is 12.5 Å². The molecular formula is C16H26N2O3. The van der Waals surface area contributed by atoms with Crippen molar-refractivity contribution in [3.8, 4) is 17.2 Å². The molecule has 0 saturated heterocycles. The van der Waals surface area contributed by atoms with E-state index in [-0.39, 0.29) is 12.8 Å². The van der Waals surface area contributed by atoms with Crippen molar-refractivity contribution in [1.82, 2.24) is 4.90 Å². The van der Waals surface area contributed by atoms with Crippen LogP contribution in [0.2, 0.25) is 0 Å². The molecule has 0 radical (unpaired) electrons. The Morgan fingerprint density at radius 2 is 2.10 bits per heavy atom. The van der Waals surface area contributed by atoms with Crippen LogP contribution in [0, 0.1) is 5.92 Å². The normalized spacial score (nSPS) is 14.8. The van der Waals surface area contributed by atoms with Gasteiger partial charge >= 0.3 is 0 Å². The molecule has 5 nitrogen and oxygen atoms in total. The molecule has 0 amide bonds. The van der Waals surface area contributed by atoms with Crippen LogP contribution in [0.15, 0.2) is 12.1 Å². The van der Waals surface area contributed by atoms with Crippen LogP contribution in [0.1, 0.15) is 31.9 Å². The van der Waals surface area contributed by atoms with E-state index >= 15 is 0 Å². The number of nitrogens with two attached hydrogens (primary N) is 1. The Kier molecular flexibility index (Phi) is 5.31. The third-order valence-corrected chi connectivity index (χ3v) is 3.88. The van der Waals surface area contributed by atoms with Gasteiger partial charge in [0.1, 0.15) is 0 Å². The summed E-state index contributed by atoms with van der Waals surface area (Å²) in [5.41, 5.74) is 7.10. The van der Waals surface area contributed by atoms with Gasteiger partial charge in [-0.2, -0.15) is 0 Å². The molecule has 0 bridgehead atoms. The number of fused-ring (bicyclic) bond motifs is 1. The van der Waals surface area contributed by atoms with Crippen LogP contribution in [0.4, 0.5) is 0 Å². The first-order chi connectivity index (χ1) is 10.1. The van der Waals surface area contributed by atoms with Crippen molar-refractivity contribution in [2.24, 2.45) is 11.7 Å². The summed E-state index contributed by atoms with van der Waals surface area (Å²) in [4.78, 5) is 2.29. The Labute approximate surface area is 127 Å². The fraction of sp³-hybridized carbons (Fsp3) is 0.625. The zero-order valence-corrected chi connectivity index (χ0v) is 13.4. The van der Waals surface area contributed by atoms with Crippen LogP contribution < -0.4 is 19.9 Å². The maximum atomic E-state index is 5.99. The molecule has 0 spiro atoms. The number of hydrogen-bond acceptors (Lipinski definition) is 5. The highest BCUT2D eigenvalue weighted by Crippen LogP contribution is 2.43. The van der Waals surface area contributed by atoms with Crippen LogP contribution in [-0.4, -0.2) is 38.9 Å². The van der Waals surface area contributed by atoms with Crippen molar-refractivity contribution >= 4 is 0 Å². The monoisotopic (exact) mass is 294 g/mol. The summed E-state index contributed by atoms with van der Waals surface area (Å²) in [7, 11) is 3.75. The lowest BCUT2D eigenvalue weighted by atomic mass is 10.0. The van der Waals surface area contributed by atoms with E-state index in [1.54, 1.807) is 7.11 Å². The number of rotatable bonds is 7. The van der Waals surface area contributed by atoms with Gasteiger partial charge in [-0.15, -0.1) is 0 Å². The van der Waals surface area contributed by atoms with Crippen molar-refractivity contribution in [2.45, 2.75) is 26.3 Å². The molecule has 0 aromatic heterocycles. The van der Waals surface area contributed by atoms with Gasteiger partial charge in [0.25, 0.3) is 0 Å². The van der Waals surface area contributed by atoms with Crippen LogP contribution in [0.3, 0.4) is 0 Å². The molecular weight excluding hydrogens is 268 g/mol. The van der Waals surface area contributed by atoms with Crippen molar-refractivity contribution in [2.75, 3.05) is 34.0 Å². The van der Waals surface area contributed by atoms with Gasteiger partial charge < -0.3 is 19.9 Å². The molecule has 1 unspecified atom stereocenters. The molecule has 2 N–H and O–H groups in total. The third kappa shape index (κ3) is 3.60. The van der Waals surface area contributed by atoms with E-state index < -0.39 is 0 Å². The summed E-state index contributed by atoms with van der Waals surface area (Å²) in [6.07, 6.45) is 1.15. The van der Waals surface area contributed by atoms with Gasteiger partial charge in [0, 0.05) is 12.6 Å². The van der Waals surface area contributed by atoms with Crippen molar-refractivity contribution < 1.29 is 14.2 Å². The predicted molar refractivity (Wildman–Crippen MR) is 83.0 cm³/mol. The molecule has 21 heavy (non-hydrogen) atoms. The average molecular weight is 294 g/mol. The highest BCUT2D eigenvalue weighted by Gasteiger charge is 2.24. The Hall–Kier alpha value is -1.46. The molecule has 1 heterocycles. The summed E-state index contributed by atoms with van der Waals surface area (Å²) >= 11 is 0. The minimum Gasteiger partial charge on any atom is -0.493 e. The lowest BCUT2D eigenvalue weighted by Gasteiger charge is -2.28. The zero-order chi connectivity index (χ0) is 15.4. The first-order valence-electron chi connectivity index (χ1n) is 7.44. The predicted octanol–water partition coefficient (Wildman–Crippen LogP) is 2.40. The molecule has 1 aromatic carbocycles. The molecule has 0 aliphatic carbocycles. The Morgan fingerprint density at radius 1 is 1.33 bits per heavy atom. The Balaban J connectivity index is 2.21. The second-order valence-electron chi connectivity index (χ2n) is 5.87. The second-order valence-corrected chi connectivity index (χ2v) is 5.87. The van der Waals surface area contributed by atoms with Gasteiger partial charge in [-0.25, -0.2) is 0 Å². The first kappa shape index (κ1) is 15.9. The van der Waals surface area contributed by atoms with Gasteiger partial charge in [-0.1, -0.05) is 13.8 Å². The summed E-state index contributed by atoms with van der Waals surface area (Å²) in [5.74, 6) is 2.80. The SMILES string of the molecule is COc1cc(C(CN)N(C)CCC(C)C)cc2c1OCO2. The molecule has 5 heteroatoms. The molecule has 1 atom stereocenters. The third-order valence-electron chi connectivity index (χ3n) is 3.88. The van der Waals surface area contributed by atoms with Crippen LogP contribution >= 0.6 is 0 Å². The zero-order valence-electron chi connectivity index (χ0n) is 13.4. The van der Waals surface area contributed by atoms with E-state index in [2.05, 4.69) is 25.8 Å². The number of likely N-dealkylation sites (N-methyl/N-ethyl adjacent to an activating group) is 1. The van der Waals surface area contributed by atoms with E-state index in [1.165, 1.54) is 0 Å². The topological polar surface area (TPSA) is 57.0 Å². The lowest BCUT2D eigenvalue weighted by Crippen LogP contribution is -2.31. The maximum absolute atomic E-state index is 5.99. The summed E-state index contributed by atoms with van der Waals surface area (Å²) in [6, 6.07) is 4.15. The Bertz CT molecular complexity index is 477. The molecule has 1 aromatic rings. The van der Waals surface area contributed by atoms with Crippen LogP contribution in [0.5, 0.6) is 17.2 Å². The number of ether oxygens (including phenoxy) is 3. The number of benzene rings is 1. The van der Waals surface area contributed by atoms with Gasteiger partial charge in [0.05, 0.1) is 7.11 Å². The van der Waals surface area contributed by atoms with E-state index in [0.29, 0.717) is 24.0 Å². The quantitative estimate of drug-likeness (QED) is 0.837. The average Bonchev–Trinajstić information content (AvgIpc) is 2.93. The molecule has 0 saturated carbocycles. The summed E-state index contributed by atoms with van der Waals surface area (Å²) in [5, 5.41) is 0. The van der Waals surface area contributed by atoms with Crippen molar-refractivity contribution in [3.05, 3.63) is 17.7 Å². The lowest BCUT2D eigenvalue weighted by molar-refractivity contribution is 0.171. The van der Waals surface area contributed by atoms with E-state index in [4.69, 9.17) is 19.9 Å². The smallest absolute Gasteiger partial charge is 0.231 e. The van der Waals surface area contributed by atoms with E-state index in [0.717, 1.165) is 24.3 Å². The van der Waals surface area contributed by atoms with E-state index in [9.17, 15) is 0 Å². The molecule has 0 fully saturated rings. The van der Waals surface area contributed by atoms with Crippen molar-refractivity contribution in [3.63, 3.8) is 0 Å². The standard InChI is InChI=1S/C16H26N2O3/c1-11(2)5-6-18(3)13(9-17)12-7-14(19-4)16-15(8-12)20-10-21-16/h7-8,11,13H,5-6,9-10,17H2,1-4H3. The second kappa shape index (κ2) is 7.00. The molecule has 2 rings (SSSR count). The first-order valence-corrected chi connectivity index (χ1v) is 7.44. The summed E-state index contributed by atoms with van der Waals surface area (Å²) < 4.78 is 16.3. The fourth-order valence-corrected chi connectivity index (χ4v) is 2.53. The Morgan fingerprint density at radius 3 is 2.71 bits per heavy atom. The fourth-order valence-electron chi connectivity index (χ4n) is 2.53. The summed E-state index contributed by atoms with van der Waals surface area (Å²) in [6.45, 7) is 6.27. The number of methoxy groups -OCH3 is 1. The van der Waals surface area contributed by atoms with Gasteiger partial charge in [-0.3, -0.25) is 4.90 Å². The van der Waals surface area contributed by atoms with Gasteiger partial charge in [-0.05, 0) is 43.6 Å². The largest absolute Gasteiger partial charge is 0.493 e. The van der Waals surface area contributed by atoms with Gasteiger partial charge in [0.15, 0.2) is 11.5 Å². The van der Waals surface area contributed by atoms with Crippen LogP contribution in [-0.2, 0) is 0 Å². The van der Waals surface area contributed by atoms with Crippen LogP contribution in [0.25, 0.3) is 0 Å². The highest BCUT2D eigenvalue weighted by atomic mass is 16.7.